The molecule has 2 N–H and O–H groups in total. The molecule has 0 saturated carbocycles. The molecule has 1 aromatic rings. The third kappa shape index (κ3) is 3.51. The molecule has 110 valence electrons. The van der Waals surface area contributed by atoms with Gasteiger partial charge >= 0.3 is 0 Å². The van der Waals surface area contributed by atoms with Crippen LogP contribution in [0, 0.1) is 0 Å². The van der Waals surface area contributed by atoms with E-state index in [9.17, 15) is 4.79 Å². The smallest absolute Gasteiger partial charge is 0.227 e. The van der Waals surface area contributed by atoms with Crippen molar-refractivity contribution in [2.75, 3.05) is 25.6 Å². The van der Waals surface area contributed by atoms with E-state index in [1.807, 2.05) is 24.3 Å². The van der Waals surface area contributed by atoms with Crippen molar-refractivity contribution in [3.63, 3.8) is 0 Å². The lowest BCUT2D eigenvalue weighted by Gasteiger charge is -2.27. The van der Waals surface area contributed by atoms with Crippen molar-refractivity contribution in [2.45, 2.75) is 38.1 Å². The maximum atomic E-state index is 12.5. The predicted molar refractivity (Wildman–Crippen MR) is 81.0 cm³/mol. The van der Waals surface area contributed by atoms with Crippen LogP contribution in [0.5, 0.6) is 0 Å². The summed E-state index contributed by atoms with van der Waals surface area (Å²) in [4.78, 5) is 12.5. The number of ether oxygens (including phenoxy) is 1. The summed E-state index contributed by atoms with van der Waals surface area (Å²) in [5.41, 5.74) is 2.18. The number of carbonyl (C=O) groups is 1. The average molecular weight is 276 g/mol. The number of hydrogen-bond donors (Lipinski definition) is 2. The number of anilines is 1. The number of nitrogens with one attached hydrogen (secondary N) is 2. The maximum absolute atomic E-state index is 12.5. The zero-order valence-electron chi connectivity index (χ0n) is 12.3. The summed E-state index contributed by atoms with van der Waals surface area (Å²) < 4.78 is 5.19. The van der Waals surface area contributed by atoms with Gasteiger partial charge in [-0.1, -0.05) is 31.5 Å². The molecule has 0 fully saturated rings. The van der Waals surface area contributed by atoms with Crippen molar-refractivity contribution >= 4 is 11.6 Å². The van der Waals surface area contributed by atoms with Gasteiger partial charge in [-0.05, 0) is 24.5 Å². The Labute approximate surface area is 120 Å². The van der Waals surface area contributed by atoms with Crippen LogP contribution in [0.2, 0.25) is 0 Å². The van der Waals surface area contributed by atoms with Crippen molar-refractivity contribution in [1.82, 2.24) is 5.32 Å². The molecular weight excluding hydrogens is 252 g/mol. The van der Waals surface area contributed by atoms with Crippen LogP contribution in [0.25, 0.3) is 0 Å². The van der Waals surface area contributed by atoms with Crippen molar-refractivity contribution in [1.29, 1.82) is 0 Å². The molecule has 1 aliphatic rings. The summed E-state index contributed by atoms with van der Waals surface area (Å²) in [6, 6.07) is 8.17. The van der Waals surface area contributed by atoms with E-state index in [1.165, 1.54) is 0 Å². The molecule has 4 heteroatoms. The Hall–Kier alpha value is -1.55. The molecule has 0 radical (unpaired) electrons. The maximum Gasteiger partial charge on any atom is 0.227 e. The number of benzene rings is 1. The number of amides is 1. The fraction of sp³-hybridized carbons (Fsp3) is 0.562. The molecule has 0 aliphatic carbocycles. The highest BCUT2D eigenvalue weighted by molar-refractivity contribution is 5.86. The lowest BCUT2D eigenvalue weighted by molar-refractivity contribution is -0.123. The standard InChI is InChI=1S/C16H24N2O2/c1-3-6-12(11-20-2)18-16(19)14-9-10-17-15-8-5-4-7-13(14)15/h4-5,7-8,12,14,17H,3,6,9-11H2,1-2H3,(H,18,19). The lowest BCUT2D eigenvalue weighted by atomic mass is 9.90. The molecule has 0 aromatic heterocycles. The lowest BCUT2D eigenvalue weighted by Crippen LogP contribution is -2.41. The van der Waals surface area contributed by atoms with Gasteiger partial charge in [-0.3, -0.25) is 4.79 Å². The molecule has 1 aromatic carbocycles. The molecule has 0 bridgehead atoms. The molecule has 4 nitrogen and oxygen atoms in total. The second kappa shape index (κ2) is 7.29. The van der Waals surface area contributed by atoms with Crippen LogP contribution >= 0.6 is 0 Å². The Morgan fingerprint density at radius 1 is 1.50 bits per heavy atom. The van der Waals surface area contributed by atoms with Gasteiger partial charge < -0.3 is 15.4 Å². The Morgan fingerprint density at radius 3 is 3.05 bits per heavy atom. The highest BCUT2D eigenvalue weighted by Crippen LogP contribution is 2.31. The van der Waals surface area contributed by atoms with Crippen molar-refractivity contribution in [3.05, 3.63) is 29.8 Å². The van der Waals surface area contributed by atoms with Crippen LogP contribution < -0.4 is 10.6 Å². The minimum absolute atomic E-state index is 0.0522. The molecular formula is C16H24N2O2. The van der Waals surface area contributed by atoms with E-state index in [2.05, 4.69) is 17.6 Å². The number of para-hydroxylation sites is 1. The molecule has 2 atom stereocenters. The van der Waals surface area contributed by atoms with Gasteiger partial charge in [0.2, 0.25) is 5.91 Å². The molecule has 2 unspecified atom stereocenters. The van der Waals surface area contributed by atoms with Gasteiger partial charge in [0.1, 0.15) is 0 Å². The van der Waals surface area contributed by atoms with E-state index in [0.29, 0.717) is 6.61 Å². The molecule has 1 amide bonds. The van der Waals surface area contributed by atoms with Crippen molar-refractivity contribution in [3.8, 4) is 0 Å². The second-order valence-corrected chi connectivity index (χ2v) is 5.30. The Morgan fingerprint density at radius 2 is 2.30 bits per heavy atom. The first-order valence-electron chi connectivity index (χ1n) is 7.38. The van der Waals surface area contributed by atoms with E-state index in [0.717, 1.165) is 37.1 Å². The summed E-state index contributed by atoms with van der Waals surface area (Å²) in [7, 11) is 1.68. The fourth-order valence-electron chi connectivity index (χ4n) is 2.79. The van der Waals surface area contributed by atoms with Crippen molar-refractivity contribution < 1.29 is 9.53 Å². The van der Waals surface area contributed by atoms with Gasteiger partial charge in [-0.15, -0.1) is 0 Å². The highest BCUT2D eigenvalue weighted by atomic mass is 16.5. The van der Waals surface area contributed by atoms with E-state index >= 15 is 0 Å². The first-order chi connectivity index (χ1) is 9.76. The van der Waals surface area contributed by atoms with Gasteiger partial charge in [0.05, 0.1) is 18.6 Å². The van der Waals surface area contributed by atoms with Gasteiger partial charge in [0.25, 0.3) is 0 Å². The van der Waals surface area contributed by atoms with E-state index in [-0.39, 0.29) is 17.9 Å². The topological polar surface area (TPSA) is 50.4 Å². The quantitative estimate of drug-likeness (QED) is 0.839. The number of hydrogen-bond acceptors (Lipinski definition) is 3. The van der Waals surface area contributed by atoms with Crippen LogP contribution in [0.1, 0.15) is 37.7 Å². The summed E-state index contributed by atoms with van der Waals surface area (Å²) in [6.45, 7) is 3.54. The SMILES string of the molecule is CCCC(COC)NC(=O)C1CCNc2ccccc21. The van der Waals surface area contributed by atoms with Gasteiger partial charge in [0, 0.05) is 19.3 Å². The zero-order valence-corrected chi connectivity index (χ0v) is 12.3. The van der Waals surface area contributed by atoms with Gasteiger partial charge in [-0.25, -0.2) is 0 Å². The normalized spacial score (nSPS) is 18.8. The largest absolute Gasteiger partial charge is 0.385 e. The Bertz CT molecular complexity index is 442. The van der Waals surface area contributed by atoms with E-state index in [1.54, 1.807) is 7.11 Å². The molecule has 0 saturated heterocycles. The summed E-state index contributed by atoms with van der Waals surface area (Å²) in [6.07, 6.45) is 2.83. The van der Waals surface area contributed by atoms with Crippen LogP contribution in [-0.4, -0.2) is 32.2 Å². The first kappa shape index (κ1) is 14.9. The molecule has 0 spiro atoms. The van der Waals surface area contributed by atoms with Crippen LogP contribution in [0.3, 0.4) is 0 Å². The summed E-state index contributed by atoms with van der Waals surface area (Å²) in [5, 5.41) is 6.48. The molecule has 1 aliphatic heterocycles. The van der Waals surface area contributed by atoms with Crippen LogP contribution in [-0.2, 0) is 9.53 Å². The Kier molecular flexibility index (Phi) is 5.41. The molecule has 2 rings (SSSR count). The second-order valence-electron chi connectivity index (χ2n) is 5.30. The minimum Gasteiger partial charge on any atom is -0.385 e. The number of rotatable bonds is 6. The van der Waals surface area contributed by atoms with Gasteiger partial charge in [0.15, 0.2) is 0 Å². The zero-order chi connectivity index (χ0) is 14.4. The van der Waals surface area contributed by atoms with Crippen LogP contribution in [0.4, 0.5) is 5.69 Å². The van der Waals surface area contributed by atoms with Crippen LogP contribution in [0.15, 0.2) is 24.3 Å². The Balaban J connectivity index is 2.06. The summed E-state index contributed by atoms with van der Waals surface area (Å²) in [5.74, 6) is 0.0677. The third-order valence-electron chi connectivity index (χ3n) is 3.75. The van der Waals surface area contributed by atoms with Gasteiger partial charge in [-0.2, -0.15) is 0 Å². The van der Waals surface area contributed by atoms with E-state index in [4.69, 9.17) is 4.74 Å². The predicted octanol–water partition coefficient (Wildman–Crippen LogP) is 2.52. The minimum atomic E-state index is -0.0522. The highest BCUT2D eigenvalue weighted by Gasteiger charge is 2.27. The number of fused-ring (bicyclic) bond motifs is 1. The summed E-state index contributed by atoms with van der Waals surface area (Å²) >= 11 is 0. The third-order valence-corrected chi connectivity index (χ3v) is 3.75. The molecule has 20 heavy (non-hydrogen) atoms. The average Bonchev–Trinajstić information content (AvgIpc) is 2.47. The van der Waals surface area contributed by atoms with E-state index < -0.39 is 0 Å². The monoisotopic (exact) mass is 276 g/mol. The molecule has 1 heterocycles. The first-order valence-corrected chi connectivity index (χ1v) is 7.38. The van der Waals surface area contributed by atoms with Crippen molar-refractivity contribution in [2.24, 2.45) is 0 Å². The number of methoxy groups -OCH3 is 1. The fourth-order valence-corrected chi connectivity index (χ4v) is 2.79. The number of carbonyl (C=O) groups excluding carboxylic acids is 1.